The largest absolute Gasteiger partial charge is 0.380 e. The second kappa shape index (κ2) is 7.05. The summed E-state index contributed by atoms with van der Waals surface area (Å²) in [5, 5.41) is 3.06. The molecule has 0 spiro atoms. The van der Waals surface area contributed by atoms with E-state index in [0.29, 0.717) is 0 Å². The molecule has 0 saturated heterocycles. The van der Waals surface area contributed by atoms with Crippen molar-refractivity contribution in [2.75, 3.05) is 26.8 Å². The van der Waals surface area contributed by atoms with Gasteiger partial charge in [-0.2, -0.15) is 0 Å². The minimum Gasteiger partial charge on any atom is -0.380 e. The lowest BCUT2D eigenvalue weighted by molar-refractivity contribution is 0.140. The summed E-state index contributed by atoms with van der Waals surface area (Å²) in [4.78, 5) is 0. The molecule has 0 bridgehead atoms. The summed E-state index contributed by atoms with van der Waals surface area (Å²) in [5.74, 6) is 0. The fourth-order valence-corrected chi connectivity index (χ4v) is 2.03. The highest BCUT2D eigenvalue weighted by atomic mass is 79.9. The van der Waals surface area contributed by atoms with Crippen LogP contribution in [0.4, 0.5) is 0 Å². The molecule has 0 aliphatic carbocycles. The topological polar surface area (TPSA) is 21.3 Å². The van der Waals surface area contributed by atoms with Crippen LogP contribution in [0.3, 0.4) is 0 Å². The molecule has 1 aromatic rings. The van der Waals surface area contributed by atoms with Crippen molar-refractivity contribution in [3.05, 3.63) is 33.3 Å². The zero-order valence-corrected chi connectivity index (χ0v) is 11.9. The highest BCUT2D eigenvalue weighted by Gasteiger charge is 2.02. The average molecular weight is 286 g/mol. The van der Waals surface area contributed by atoms with Crippen LogP contribution in [0.25, 0.3) is 0 Å². The summed E-state index contributed by atoms with van der Waals surface area (Å²) in [5.41, 5.74) is 4.00. The molecule has 2 nitrogen and oxygen atoms in total. The second-order valence-corrected chi connectivity index (χ2v) is 4.85. The van der Waals surface area contributed by atoms with Crippen molar-refractivity contribution < 1.29 is 4.74 Å². The molecule has 0 atom stereocenters. The fraction of sp³-hybridized carbons (Fsp3) is 0.538. The third-order valence-electron chi connectivity index (χ3n) is 2.63. The third-order valence-corrected chi connectivity index (χ3v) is 3.48. The number of aryl methyl sites for hydroxylation is 2. The fourth-order valence-electron chi connectivity index (χ4n) is 1.57. The third kappa shape index (κ3) is 4.24. The van der Waals surface area contributed by atoms with Gasteiger partial charge in [-0.15, -0.1) is 0 Å². The van der Waals surface area contributed by atoms with Gasteiger partial charge in [0.1, 0.15) is 0 Å². The van der Waals surface area contributed by atoms with Crippen LogP contribution >= 0.6 is 15.9 Å². The van der Waals surface area contributed by atoms with Crippen LogP contribution in [-0.4, -0.2) is 26.8 Å². The van der Waals surface area contributed by atoms with Gasteiger partial charge in [-0.05, 0) is 50.1 Å². The molecule has 0 unspecified atom stereocenters. The van der Waals surface area contributed by atoms with Gasteiger partial charge in [0.05, 0.1) is 13.2 Å². The van der Waals surface area contributed by atoms with Crippen LogP contribution < -0.4 is 5.32 Å². The molecule has 3 heteroatoms. The first kappa shape index (κ1) is 13.7. The minimum atomic E-state index is 0.783. The lowest BCUT2D eigenvalue weighted by Crippen LogP contribution is -2.15. The zero-order chi connectivity index (χ0) is 12.0. The van der Waals surface area contributed by atoms with E-state index in [1.807, 2.05) is 7.05 Å². The maximum absolute atomic E-state index is 5.53. The Balaban J connectivity index is 2.45. The van der Waals surface area contributed by atoms with Crippen molar-refractivity contribution in [1.29, 1.82) is 0 Å². The number of ether oxygens (including phenoxy) is 1. The molecule has 1 aromatic carbocycles. The maximum Gasteiger partial charge on any atom is 0.0590 e. The van der Waals surface area contributed by atoms with Gasteiger partial charge in [0.25, 0.3) is 0 Å². The van der Waals surface area contributed by atoms with E-state index >= 15 is 0 Å². The van der Waals surface area contributed by atoms with Crippen LogP contribution in [-0.2, 0) is 11.2 Å². The first-order chi connectivity index (χ1) is 7.65. The van der Waals surface area contributed by atoms with Crippen LogP contribution in [0, 0.1) is 13.8 Å². The molecule has 16 heavy (non-hydrogen) atoms. The maximum atomic E-state index is 5.53. The number of benzene rings is 1. The minimum absolute atomic E-state index is 0.783. The standard InChI is InChI=1S/C13H20BrNO/c1-10-9-13(14)11(2)8-12(10)4-6-16-7-5-15-3/h8-9,15H,4-7H2,1-3H3. The summed E-state index contributed by atoms with van der Waals surface area (Å²) in [6, 6.07) is 4.42. The Hall–Kier alpha value is -0.380. The molecule has 0 amide bonds. The van der Waals surface area contributed by atoms with Crippen molar-refractivity contribution in [1.82, 2.24) is 5.32 Å². The molecule has 0 fully saturated rings. The van der Waals surface area contributed by atoms with E-state index in [4.69, 9.17) is 4.74 Å². The van der Waals surface area contributed by atoms with Crippen molar-refractivity contribution in [2.24, 2.45) is 0 Å². The van der Waals surface area contributed by atoms with Crippen LogP contribution in [0.15, 0.2) is 16.6 Å². The van der Waals surface area contributed by atoms with Gasteiger partial charge in [-0.3, -0.25) is 0 Å². The van der Waals surface area contributed by atoms with Crippen molar-refractivity contribution in [3.8, 4) is 0 Å². The summed E-state index contributed by atoms with van der Waals surface area (Å²) < 4.78 is 6.71. The molecule has 0 saturated carbocycles. The number of halogens is 1. The Labute approximate surface area is 107 Å². The predicted octanol–water partition coefficient (Wildman–Crippen LogP) is 2.84. The van der Waals surface area contributed by atoms with E-state index in [1.165, 1.54) is 21.2 Å². The van der Waals surface area contributed by atoms with E-state index in [0.717, 1.165) is 26.2 Å². The highest BCUT2D eigenvalue weighted by molar-refractivity contribution is 9.10. The molecular formula is C13H20BrNO. The van der Waals surface area contributed by atoms with E-state index < -0.39 is 0 Å². The number of likely N-dealkylation sites (N-methyl/N-ethyl adjacent to an activating group) is 1. The molecule has 0 radical (unpaired) electrons. The molecule has 0 aliphatic rings. The zero-order valence-electron chi connectivity index (χ0n) is 10.3. The molecular weight excluding hydrogens is 266 g/mol. The van der Waals surface area contributed by atoms with E-state index in [2.05, 4.69) is 47.2 Å². The summed E-state index contributed by atoms with van der Waals surface area (Å²) in [6.45, 7) is 6.76. The van der Waals surface area contributed by atoms with E-state index in [-0.39, 0.29) is 0 Å². The summed E-state index contributed by atoms with van der Waals surface area (Å²) in [7, 11) is 1.94. The van der Waals surface area contributed by atoms with Crippen molar-refractivity contribution in [2.45, 2.75) is 20.3 Å². The van der Waals surface area contributed by atoms with E-state index in [9.17, 15) is 0 Å². The van der Waals surface area contributed by atoms with Gasteiger partial charge in [0.2, 0.25) is 0 Å². The molecule has 0 aliphatic heterocycles. The number of hydrogen-bond donors (Lipinski definition) is 1. The Morgan fingerprint density at radius 2 is 1.94 bits per heavy atom. The van der Waals surface area contributed by atoms with Crippen LogP contribution in [0.1, 0.15) is 16.7 Å². The van der Waals surface area contributed by atoms with Gasteiger partial charge in [-0.1, -0.05) is 22.0 Å². The van der Waals surface area contributed by atoms with E-state index in [1.54, 1.807) is 0 Å². The monoisotopic (exact) mass is 285 g/mol. The van der Waals surface area contributed by atoms with Gasteiger partial charge in [0, 0.05) is 11.0 Å². The van der Waals surface area contributed by atoms with Crippen molar-refractivity contribution >= 4 is 15.9 Å². The van der Waals surface area contributed by atoms with Crippen LogP contribution in [0.5, 0.6) is 0 Å². The quantitative estimate of drug-likeness (QED) is 0.812. The molecule has 0 aromatic heterocycles. The van der Waals surface area contributed by atoms with Gasteiger partial charge in [0.15, 0.2) is 0 Å². The second-order valence-electron chi connectivity index (χ2n) is 3.99. The Morgan fingerprint density at radius 3 is 2.62 bits per heavy atom. The Kier molecular flexibility index (Phi) is 6.03. The lowest BCUT2D eigenvalue weighted by Gasteiger charge is -2.09. The predicted molar refractivity (Wildman–Crippen MR) is 72.1 cm³/mol. The first-order valence-corrected chi connectivity index (χ1v) is 6.42. The number of rotatable bonds is 6. The molecule has 1 rings (SSSR count). The molecule has 90 valence electrons. The highest BCUT2D eigenvalue weighted by Crippen LogP contribution is 2.21. The average Bonchev–Trinajstić information content (AvgIpc) is 2.25. The SMILES string of the molecule is CNCCOCCc1cc(C)c(Br)cc1C. The lowest BCUT2D eigenvalue weighted by atomic mass is 10.0. The summed E-state index contributed by atoms with van der Waals surface area (Å²) in [6.07, 6.45) is 0.990. The Morgan fingerprint density at radius 1 is 1.19 bits per heavy atom. The number of hydrogen-bond acceptors (Lipinski definition) is 2. The normalized spacial score (nSPS) is 10.8. The molecule has 1 N–H and O–H groups in total. The van der Waals surface area contributed by atoms with Crippen LogP contribution in [0.2, 0.25) is 0 Å². The first-order valence-electron chi connectivity index (χ1n) is 5.63. The van der Waals surface area contributed by atoms with Gasteiger partial charge >= 0.3 is 0 Å². The Bertz CT molecular complexity index is 339. The molecule has 0 heterocycles. The smallest absolute Gasteiger partial charge is 0.0590 e. The van der Waals surface area contributed by atoms with Crippen molar-refractivity contribution in [3.63, 3.8) is 0 Å². The van der Waals surface area contributed by atoms with Gasteiger partial charge in [-0.25, -0.2) is 0 Å². The number of nitrogens with one attached hydrogen (secondary N) is 1. The summed E-state index contributed by atoms with van der Waals surface area (Å²) >= 11 is 3.54. The van der Waals surface area contributed by atoms with Gasteiger partial charge < -0.3 is 10.1 Å².